The first kappa shape index (κ1) is 22.2. The molecule has 7 heteroatoms. The molecular weight excluding hydrogens is 447 g/mol. The van der Waals surface area contributed by atoms with Gasteiger partial charge < -0.3 is 15.5 Å². The van der Waals surface area contributed by atoms with E-state index in [1.54, 1.807) is 11.3 Å². The molecule has 0 atom stereocenters. The molecule has 1 aliphatic carbocycles. The Bertz CT molecular complexity index is 517. The summed E-state index contributed by atoms with van der Waals surface area (Å²) in [6, 6.07) is 4.27. The Hall–Kier alpha value is -0.830. The van der Waals surface area contributed by atoms with Crippen LogP contribution in [0.15, 0.2) is 22.5 Å². The van der Waals surface area contributed by atoms with Crippen molar-refractivity contribution in [2.75, 3.05) is 33.2 Å². The van der Waals surface area contributed by atoms with E-state index in [1.165, 1.54) is 11.3 Å². The highest BCUT2D eigenvalue weighted by atomic mass is 127. The molecule has 1 fully saturated rings. The molecule has 0 unspecified atom stereocenters. The summed E-state index contributed by atoms with van der Waals surface area (Å²) in [7, 11) is 2.08. The minimum atomic E-state index is 0. The largest absolute Gasteiger partial charge is 0.357 e. The molecule has 1 aliphatic rings. The first-order valence-electron chi connectivity index (χ1n) is 9.00. The van der Waals surface area contributed by atoms with Gasteiger partial charge in [0.25, 0.3) is 0 Å². The lowest BCUT2D eigenvalue weighted by Crippen LogP contribution is -2.40. The van der Waals surface area contributed by atoms with Crippen LogP contribution in [0.25, 0.3) is 0 Å². The van der Waals surface area contributed by atoms with Crippen LogP contribution >= 0.6 is 35.3 Å². The van der Waals surface area contributed by atoms with Crippen LogP contribution in [0.3, 0.4) is 0 Å². The summed E-state index contributed by atoms with van der Waals surface area (Å²) in [5.74, 6) is 1.44. The summed E-state index contributed by atoms with van der Waals surface area (Å²) in [6.07, 6.45) is 5.24. The third kappa shape index (κ3) is 7.94. The van der Waals surface area contributed by atoms with Crippen molar-refractivity contribution >= 4 is 47.2 Å². The molecule has 2 rings (SSSR count). The van der Waals surface area contributed by atoms with Gasteiger partial charge in [-0.05, 0) is 44.1 Å². The summed E-state index contributed by atoms with van der Waals surface area (Å²) in [5.41, 5.74) is 0. The molecule has 0 aliphatic heterocycles. The van der Waals surface area contributed by atoms with Gasteiger partial charge >= 0.3 is 0 Å². The van der Waals surface area contributed by atoms with Crippen molar-refractivity contribution in [1.29, 1.82) is 0 Å². The number of carbonyl (C=O) groups excluding carboxylic acids is 1. The van der Waals surface area contributed by atoms with Crippen LogP contribution in [0.2, 0.25) is 0 Å². The topological polar surface area (TPSA) is 56.7 Å². The molecule has 1 saturated carbocycles. The SMILES string of the molecule is CCNC(=NCCCNC(=O)C1CCC1)N(C)CCc1cccs1.I. The smallest absolute Gasteiger partial charge is 0.223 e. The van der Waals surface area contributed by atoms with Crippen LogP contribution in [0.4, 0.5) is 0 Å². The van der Waals surface area contributed by atoms with E-state index in [4.69, 9.17) is 0 Å². The molecule has 142 valence electrons. The number of guanidine groups is 1. The lowest BCUT2D eigenvalue weighted by Gasteiger charge is -2.24. The van der Waals surface area contributed by atoms with Gasteiger partial charge in [-0.3, -0.25) is 9.79 Å². The molecule has 25 heavy (non-hydrogen) atoms. The van der Waals surface area contributed by atoms with Gasteiger partial charge in [-0.25, -0.2) is 0 Å². The summed E-state index contributed by atoms with van der Waals surface area (Å²) >= 11 is 1.80. The maximum absolute atomic E-state index is 11.8. The Balaban J connectivity index is 0.00000312. The number of hydrogen-bond acceptors (Lipinski definition) is 3. The zero-order valence-electron chi connectivity index (χ0n) is 15.3. The fourth-order valence-electron chi connectivity index (χ4n) is 2.60. The van der Waals surface area contributed by atoms with Crippen LogP contribution in [0.5, 0.6) is 0 Å². The molecule has 0 spiro atoms. The molecule has 0 bridgehead atoms. The van der Waals surface area contributed by atoms with Crippen molar-refractivity contribution in [2.24, 2.45) is 10.9 Å². The maximum Gasteiger partial charge on any atom is 0.223 e. The second kappa shape index (κ2) is 12.5. The zero-order chi connectivity index (χ0) is 17.2. The summed E-state index contributed by atoms with van der Waals surface area (Å²) in [6.45, 7) is 5.35. The average Bonchev–Trinajstić information content (AvgIpc) is 3.03. The molecule has 1 heterocycles. The third-order valence-electron chi connectivity index (χ3n) is 4.34. The maximum atomic E-state index is 11.8. The lowest BCUT2D eigenvalue weighted by atomic mass is 9.85. The number of hydrogen-bond donors (Lipinski definition) is 2. The van der Waals surface area contributed by atoms with Crippen molar-refractivity contribution in [3.63, 3.8) is 0 Å². The van der Waals surface area contributed by atoms with Gasteiger partial charge in [0.1, 0.15) is 0 Å². The van der Waals surface area contributed by atoms with E-state index in [2.05, 4.69) is 52.0 Å². The van der Waals surface area contributed by atoms with Crippen molar-refractivity contribution in [3.8, 4) is 0 Å². The summed E-state index contributed by atoms with van der Waals surface area (Å²) in [5, 5.41) is 8.48. The highest BCUT2D eigenvalue weighted by molar-refractivity contribution is 14.0. The Morgan fingerprint density at radius 1 is 1.40 bits per heavy atom. The summed E-state index contributed by atoms with van der Waals surface area (Å²) in [4.78, 5) is 20.0. The standard InChI is InChI=1S/C18H30N4OS.HI/c1-3-19-18(22(2)13-10-16-9-5-14-24-16)21-12-6-11-20-17(23)15-7-4-8-15;/h5,9,14-15H,3-4,6-8,10-13H2,1-2H3,(H,19,21)(H,20,23);1H. The first-order valence-corrected chi connectivity index (χ1v) is 9.88. The molecule has 0 aromatic carbocycles. The molecular formula is C18H31IN4OS. The number of carbonyl (C=O) groups is 1. The quantitative estimate of drug-likeness (QED) is 0.248. The van der Waals surface area contributed by atoms with Gasteiger partial charge in [0, 0.05) is 44.0 Å². The van der Waals surface area contributed by atoms with E-state index >= 15 is 0 Å². The highest BCUT2D eigenvalue weighted by Crippen LogP contribution is 2.25. The molecule has 2 N–H and O–H groups in total. The molecule has 5 nitrogen and oxygen atoms in total. The minimum Gasteiger partial charge on any atom is -0.357 e. The number of thiophene rings is 1. The van der Waals surface area contributed by atoms with Crippen LogP contribution in [-0.2, 0) is 11.2 Å². The van der Waals surface area contributed by atoms with Crippen LogP contribution in [0.1, 0.15) is 37.5 Å². The predicted octanol–water partition coefficient (Wildman–Crippen LogP) is 3.11. The van der Waals surface area contributed by atoms with Gasteiger partial charge in [0.15, 0.2) is 5.96 Å². The van der Waals surface area contributed by atoms with E-state index in [0.717, 1.165) is 57.8 Å². The Morgan fingerprint density at radius 2 is 2.20 bits per heavy atom. The highest BCUT2D eigenvalue weighted by Gasteiger charge is 2.24. The number of likely N-dealkylation sites (N-methyl/N-ethyl adjacent to an activating group) is 1. The van der Waals surface area contributed by atoms with Gasteiger partial charge in [-0.2, -0.15) is 0 Å². The average molecular weight is 478 g/mol. The van der Waals surface area contributed by atoms with Crippen molar-refractivity contribution in [1.82, 2.24) is 15.5 Å². The molecule has 0 saturated heterocycles. The predicted molar refractivity (Wildman–Crippen MR) is 117 cm³/mol. The Labute approximate surface area is 172 Å². The fraction of sp³-hybridized carbons (Fsp3) is 0.667. The van der Waals surface area contributed by atoms with E-state index in [1.807, 2.05) is 0 Å². The van der Waals surface area contributed by atoms with Crippen molar-refractivity contribution in [3.05, 3.63) is 22.4 Å². The number of halogens is 1. The zero-order valence-corrected chi connectivity index (χ0v) is 18.4. The Morgan fingerprint density at radius 3 is 2.80 bits per heavy atom. The second-order valence-corrected chi connectivity index (χ2v) is 7.29. The van der Waals surface area contributed by atoms with Crippen LogP contribution in [0, 0.1) is 5.92 Å². The van der Waals surface area contributed by atoms with Crippen molar-refractivity contribution < 1.29 is 4.79 Å². The van der Waals surface area contributed by atoms with Gasteiger partial charge in [0.05, 0.1) is 0 Å². The molecule has 1 amide bonds. The number of nitrogens with one attached hydrogen (secondary N) is 2. The minimum absolute atomic E-state index is 0. The number of aliphatic imine (C=N–C) groups is 1. The first-order chi connectivity index (χ1) is 11.7. The van der Waals surface area contributed by atoms with Gasteiger partial charge in [0.2, 0.25) is 5.91 Å². The van der Waals surface area contributed by atoms with E-state index in [9.17, 15) is 4.79 Å². The molecule has 1 aromatic rings. The van der Waals surface area contributed by atoms with Crippen molar-refractivity contribution in [2.45, 2.75) is 39.0 Å². The van der Waals surface area contributed by atoms with Crippen LogP contribution < -0.4 is 10.6 Å². The normalized spacial score (nSPS) is 14.4. The molecule has 0 radical (unpaired) electrons. The third-order valence-corrected chi connectivity index (χ3v) is 5.28. The lowest BCUT2D eigenvalue weighted by molar-refractivity contribution is -0.127. The van der Waals surface area contributed by atoms with Gasteiger partial charge in [-0.1, -0.05) is 12.5 Å². The van der Waals surface area contributed by atoms with Gasteiger partial charge in [-0.15, -0.1) is 35.3 Å². The van der Waals surface area contributed by atoms with E-state index in [-0.39, 0.29) is 35.8 Å². The van der Waals surface area contributed by atoms with E-state index in [0.29, 0.717) is 0 Å². The van der Waals surface area contributed by atoms with Crippen LogP contribution in [-0.4, -0.2) is 50.0 Å². The second-order valence-electron chi connectivity index (χ2n) is 6.26. The fourth-order valence-corrected chi connectivity index (χ4v) is 3.30. The number of rotatable bonds is 9. The Kier molecular flexibility index (Phi) is 11.1. The number of amides is 1. The number of nitrogens with zero attached hydrogens (tertiary/aromatic N) is 2. The summed E-state index contributed by atoms with van der Waals surface area (Å²) < 4.78 is 0. The van der Waals surface area contributed by atoms with E-state index < -0.39 is 0 Å². The monoisotopic (exact) mass is 478 g/mol. The molecule has 1 aromatic heterocycles.